The number of hydrogen-bond donors (Lipinski definition) is 3. The SMILES string of the molecule is CNS(=O)(=O)c1ccc(CNC(=O)NCc2ccc(Cn3cnc4ccccc43)cc2)cc1. The molecule has 3 aromatic carbocycles. The minimum Gasteiger partial charge on any atom is -0.334 e. The van der Waals surface area contributed by atoms with Crippen molar-refractivity contribution in [3.8, 4) is 0 Å². The number of urea groups is 1. The Morgan fingerprint density at radius 1 is 0.848 bits per heavy atom. The number of sulfonamides is 1. The second-order valence-corrected chi connectivity index (χ2v) is 9.45. The summed E-state index contributed by atoms with van der Waals surface area (Å²) in [4.78, 5) is 16.7. The topological polar surface area (TPSA) is 105 Å². The van der Waals surface area contributed by atoms with E-state index in [1.165, 1.54) is 19.2 Å². The van der Waals surface area contributed by atoms with Gasteiger partial charge in [-0.15, -0.1) is 0 Å². The lowest BCUT2D eigenvalue weighted by Crippen LogP contribution is -2.34. The number of rotatable bonds is 8. The third-order valence-electron chi connectivity index (χ3n) is 5.31. The molecule has 1 aromatic heterocycles. The molecule has 0 aliphatic rings. The molecule has 0 unspecified atom stereocenters. The molecular weight excluding hydrogens is 438 g/mol. The van der Waals surface area contributed by atoms with Crippen LogP contribution in [0.5, 0.6) is 0 Å². The molecule has 0 fully saturated rings. The van der Waals surface area contributed by atoms with Gasteiger partial charge in [-0.25, -0.2) is 22.9 Å². The molecule has 8 nitrogen and oxygen atoms in total. The Balaban J connectivity index is 1.25. The standard InChI is InChI=1S/C24H25N5O3S/c1-25-33(31,32)21-12-10-19(11-13-21)15-27-24(30)26-14-18-6-8-20(9-7-18)16-29-17-28-22-4-2-3-5-23(22)29/h2-13,17,25H,14-16H2,1H3,(H2,26,27,30). The summed E-state index contributed by atoms with van der Waals surface area (Å²) in [6.45, 7) is 1.42. The van der Waals surface area contributed by atoms with Gasteiger partial charge in [0.05, 0.1) is 22.3 Å². The van der Waals surface area contributed by atoms with Gasteiger partial charge in [-0.2, -0.15) is 0 Å². The van der Waals surface area contributed by atoms with Gasteiger partial charge in [-0.3, -0.25) is 0 Å². The van der Waals surface area contributed by atoms with E-state index >= 15 is 0 Å². The maximum atomic E-state index is 12.1. The smallest absolute Gasteiger partial charge is 0.315 e. The van der Waals surface area contributed by atoms with Crippen LogP contribution in [0.15, 0.2) is 84.0 Å². The molecule has 0 saturated heterocycles. The van der Waals surface area contributed by atoms with Crippen LogP contribution in [-0.2, 0) is 29.7 Å². The molecule has 1 heterocycles. The minimum absolute atomic E-state index is 0.183. The van der Waals surface area contributed by atoms with Crippen molar-refractivity contribution in [3.05, 3.63) is 95.8 Å². The summed E-state index contributed by atoms with van der Waals surface area (Å²) < 4.78 is 27.9. The highest BCUT2D eigenvalue weighted by Gasteiger charge is 2.10. The van der Waals surface area contributed by atoms with E-state index in [1.54, 1.807) is 12.1 Å². The number of carbonyl (C=O) groups is 1. The van der Waals surface area contributed by atoms with Crippen molar-refractivity contribution < 1.29 is 13.2 Å². The quantitative estimate of drug-likeness (QED) is 0.374. The first-order valence-corrected chi connectivity index (χ1v) is 11.9. The van der Waals surface area contributed by atoms with Crippen molar-refractivity contribution in [3.63, 3.8) is 0 Å². The number of benzene rings is 3. The van der Waals surface area contributed by atoms with Crippen molar-refractivity contribution in [1.29, 1.82) is 0 Å². The van der Waals surface area contributed by atoms with E-state index in [2.05, 4.69) is 31.0 Å². The lowest BCUT2D eigenvalue weighted by molar-refractivity contribution is 0.240. The Morgan fingerprint density at radius 2 is 1.42 bits per heavy atom. The fourth-order valence-corrected chi connectivity index (χ4v) is 4.16. The van der Waals surface area contributed by atoms with Crippen molar-refractivity contribution >= 4 is 27.1 Å². The highest BCUT2D eigenvalue weighted by Crippen LogP contribution is 2.15. The molecule has 3 N–H and O–H groups in total. The molecule has 0 atom stereocenters. The monoisotopic (exact) mass is 463 g/mol. The zero-order chi connectivity index (χ0) is 23.3. The van der Waals surface area contributed by atoms with Gasteiger partial charge < -0.3 is 15.2 Å². The molecule has 4 rings (SSSR count). The van der Waals surface area contributed by atoms with Gasteiger partial charge in [-0.05, 0) is 48.0 Å². The first-order chi connectivity index (χ1) is 15.9. The Bertz CT molecular complexity index is 1350. The van der Waals surface area contributed by atoms with Crippen molar-refractivity contribution in [2.75, 3.05) is 7.05 Å². The first-order valence-electron chi connectivity index (χ1n) is 10.5. The average molecular weight is 464 g/mol. The Labute approximate surface area is 192 Å². The van der Waals surface area contributed by atoms with Crippen LogP contribution in [0.4, 0.5) is 4.79 Å². The molecule has 0 aliphatic carbocycles. The van der Waals surface area contributed by atoms with E-state index in [0.717, 1.165) is 34.3 Å². The lowest BCUT2D eigenvalue weighted by Gasteiger charge is -2.10. The summed E-state index contributed by atoms with van der Waals surface area (Å²) in [5.74, 6) is 0. The molecule has 0 radical (unpaired) electrons. The third kappa shape index (κ3) is 5.57. The first kappa shape index (κ1) is 22.5. The number of nitrogens with one attached hydrogen (secondary N) is 3. The van der Waals surface area contributed by atoms with Crippen molar-refractivity contribution in [2.24, 2.45) is 0 Å². The fourth-order valence-electron chi connectivity index (χ4n) is 3.43. The number of aromatic nitrogens is 2. The van der Waals surface area contributed by atoms with Crippen LogP contribution in [0.2, 0.25) is 0 Å². The third-order valence-corrected chi connectivity index (χ3v) is 6.74. The number of fused-ring (bicyclic) bond motifs is 1. The van der Waals surface area contributed by atoms with Gasteiger partial charge in [0.15, 0.2) is 0 Å². The van der Waals surface area contributed by atoms with E-state index in [1.807, 2.05) is 48.8 Å². The number of carbonyl (C=O) groups excluding carboxylic acids is 1. The van der Waals surface area contributed by atoms with E-state index < -0.39 is 10.0 Å². The number of nitrogens with zero attached hydrogens (tertiary/aromatic N) is 2. The van der Waals surface area contributed by atoms with Gasteiger partial charge in [0.1, 0.15) is 0 Å². The van der Waals surface area contributed by atoms with Crippen LogP contribution in [0.1, 0.15) is 16.7 Å². The molecule has 9 heteroatoms. The number of hydrogen-bond acceptors (Lipinski definition) is 4. The maximum absolute atomic E-state index is 12.1. The van der Waals surface area contributed by atoms with Crippen molar-refractivity contribution in [2.45, 2.75) is 24.5 Å². The van der Waals surface area contributed by atoms with E-state index in [9.17, 15) is 13.2 Å². The average Bonchev–Trinajstić information content (AvgIpc) is 3.25. The lowest BCUT2D eigenvalue weighted by atomic mass is 10.1. The van der Waals surface area contributed by atoms with E-state index in [-0.39, 0.29) is 10.9 Å². The van der Waals surface area contributed by atoms with Crippen molar-refractivity contribution in [1.82, 2.24) is 24.9 Å². The summed E-state index contributed by atoms with van der Waals surface area (Å²) in [5, 5.41) is 5.61. The van der Waals surface area contributed by atoms with Crippen LogP contribution in [-0.4, -0.2) is 31.0 Å². The van der Waals surface area contributed by atoms with Gasteiger partial charge in [0, 0.05) is 19.6 Å². The summed E-state index contributed by atoms with van der Waals surface area (Å²) in [7, 11) is -2.10. The summed E-state index contributed by atoms with van der Waals surface area (Å²) in [5.41, 5.74) is 5.01. The number of para-hydroxylation sites is 2. The van der Waals surface area contributed by atoms with Crippen LogP contribution in [0.25, 0.3) is 11.0 Å². The van der Waals surface area contributed by atoms with Crippen LogP contribution in [0.3, 0.4) is 0 Å². The summed E-state index contributed by atoms with van der Waals surface area (Å²) in [6.07, 6.45) is 1.84. The zero-order valence-electron chi connectivity index (χ0n) is 18.2. The number of amides is 2. The predicted molar refractivity (Wildman–Crippen MR) is 127 cm³/mol. The largest absolute Gasteiger partial charge is 0.334 e. The molecule has 170 valence electrons. The Morgan fingerprint density at radius 3 is 2.06 bits per heavy atom. The van der Waals surface area contributed by atoms with Gasteiger partial charge in [0.25, 0.3) is 0 Å². The molecule has 0 saturated carbocycles. The predicted octanol–water partition coefficient (Wildman–Crippen LogP) is 2.99. The normalized spacial score (nSPS) is 11.4. The maximum Gasteiger partial charge on any atom is 0.315 e. The zero-order valence-corrected chi connectivity index (χ0v) is 19.0. The minimum atomic E-state index is -3.47. The molecule has 2 amide bonds. The van der Waals surface area contributed by atoms with E-state index in [0.29, 0.717) is 13.1 Å². The summed E-state index contributed by atoms with van der Waals surface area (Å²) in [6, 6.07) is 22.2. The van der Waals surface area contributed by atoms with Crippen LogP contribution >= 0.6 is 0 Å². The second-order valence-electron chi connectivity index (χ2n) is 7.57. The molecule has 0 spiro atoms. The highest BCUT2D eigenvalue weighted by atomic mass is 32.2. The van der Waals surface area contributed by atoms with Gasteiger partial charge in [0.2, 0.25) is 10.0 Å². The Kier molecular flexibility index (Phi) is 6.71. The number of imidazole rings is 1. The van der Waals surface area contributed by atoms with Gasteiger partial charge >= 0.3 is 6.03 Å². The van der Waals surface area contributed by atoms with Crippen LogP contribution in [0, 0.1) is 0 Å². The highest BCUT2D eigenvalue weighted by molar-refractivity contribution is 7.89. The van der Waals surface area contributed by atoms with E-state index in [4.69, 9.17) is 0 Å². The second kappa shape index (κ2) is 9.85. The summed E-state index contributed by atoms with van der Waals surface area (Å²) >= 11 is 0. The molecule has 4 aromatic rings. The van der Waals surface area contributed by atoms with Crippen LogP contribution < -0.4 is 15.4 Å². The fraction of sp³-hybridized carbons (Fsp3) is 0.167. The van der Waals surface area contributed by atoms with Gasteiger partial charge in [-0.1, -0.05) is 48.5 Å². The molecule has 0 bridgehead atoms. The Hall–Kier alpha value is -3.69. The molecule has 33 heavy (non-hydrogen) atoms. The molecular formula is C24H25N5O3S. The molecule has 0 aliphatic heterocycles.